The third kappa shape index (κ3) is 4.24. The molecule has 96 valence electrons. The standard InChI is InChI=1S/C11H14F3NO2/c1-7(15)8-3-2-4-9(5-8)17-6-10(16)11(12,13)14/h2-5,7,10,16H,6,15H2,1H3/t7-,10?/m0/s1. The maximum atomic E-state index is 12.0. The van der Waals surface area contributed by atoms with Crippen LogP contribution in [0.5, 0.6) is 5.75 Å². The molecule has 0 spiro atoms. The molecule has 0 saturated carbocycles. The minimum Gasteiger partial charge on any atom is -0.491 e. The highest BCUT2D eigenvalue weighted by Crippen LogP contribution is 2.22. The SMILES string of the molecule is C[C@H](N)c1cccc(OCC(O)C(F)(F)F)c1. The van der Waals surface area contributed by atoms with Crippen molar-refractivity contribution in [3.8, 4) is 5.75 Å². The lowest BCUT2D eigenvalue weighted by Crippen LogP contribution is -2.34. The van der Waals surface area contributed by atoms with E-state index in [0.717, 1.165) is 5.56 Å². The molecule has 6 heteroatoms. The molecule has 0 bridgehead atoms. The second kappa shape index (κ2) is 5.37. The molecule has 0 fully saturated rings. The van der Waals surface area contributed by atoms with Gasteiger partial charge in [-0.05, 0) is 24.6 Å². The monoisotopic (exact) mass is 249 g/mol. The fourth-order valence-corrected chi connectivity index (χ4v) is 1.16. The molecule has 0 amide bonds. The zero-order valence-corrected chi connectivity index (χ0v) is 9.24. The van der Waals surface area contributed by atoms with Crippen LogP contribution in [0.2, 0.25) is 0 Å². The third-order valence-electron chi connectivity index (χ3n) is 2.17. The van der Waals surface area contributed by atoms with E-state index in [1.54, 1.807) is 25.1 Å². The maximum absolute atomic E-state index is 12.0. The fourth-order valence-electron chi connectivity index (χ4n) is 1.16. The molecule has 2 atom stereocenters. The van der Waals surface area contributed by atoms with Gasteiger partial charge in [0.15, 0.2) is 6.10 Å². The van der Waals surface area contributed by atoms with Crippen molar-refractivity contribution in [3.05, 3.63) is 29.8 Å². The molecule has 1 rings (SSSR count). The predicted molar refractivity (Wildman–Crippen MR) is 56.6 cm³/mol. The van der Waals surface area contributed by atoms with Crippen LogP contribution in [0.25, 0.3) is 0 Å². The molecule has 0 heterocycles. The number of ether oxygens (including phenoxy) is 1. The van der Waals surface area contributed by atoms with Gasteiger partial charge in [-0.2, -0.15) is 13.2 Å². The number of alkyl halides is 3. The zero-order valence-electron chi connectivity index (χ0n) is 9.24. The highest BCUT2D eigenvalue weighted by Gasteiger charge is 2.38. The van der Waals surface area contributed by atoms with Gasteiger partial charge in [0.25, 0.3) is 0 Å². The van der Waals surface area contributed by atoms with E-state index in [0.29, 0.717) is 0 Å². The lowest BCUT2D eigenvalue weighted by molar-refractivity contribution is -0.210. The molecule has 0 aliphatic rings. The lowest BCUT2D eigenvalue weighted by Gasteiger charge is -2.16. The molecule has 3 N–H and O–H groups in total. The topological polar surface area (TPSA) is 55.5 Å². The summed E-state index contributed by atoms with van der Waals surface area (Å²) in [7, 11) is 0. The van der Waals surface area contributed by atoms with Gasteiger partial charge in [0, 0.05) is 6.04 Å². The number of hydrogen-bond donors (Lipinski definition) is 2. The Morgan fingerprint density at radius 2 is 2.06 bits per heavy atom. The molecule has 0 saturated heterocycles. The van der Waals surface area contributed by atoms with Gasteiger partial charge >= 0.3 is 6.18 Å². The van der Waals surface area contributed by atoms with Crippen molar-refractivity contribution in [2.75, 3.05) is 6.61 Å². The Hall–Kier alpha value is -1.27. The van der Waals surface area contributed by atoms with Crippen molar-refractivity contribution in [2.24, 2.45) is 5.73 Å². The average Bonchev–Trinajstić information content (AvgIpc) is 2.25. The Kier molecular flexibility index (Phi) is 4.36. The first-order valence-electron chi connectivity index (χ1n) is 5.04. The van der Waals surface area contributed by atoms with E-state index >= 15 is 0 Å². The largest absolute Gasteiger partial charge is 0.491 e. The predicted octanol–water partition coefficient (Wildman–Crippen LogP) is 2.01. The molecule has 0 aromatic heterocycles. The van der Waals surface area contributed by atoms with Gasteiger partial charge < -0.3 is 15.6 Å². The summed E-state index contributed by atoms with van der Waals surface area (Å²) in [6.45, 7) is 0.926. The summed E-state index contributed by atoms with van der Waals surface area (Å²) in [5, 5.41) is 8.75. The molecule has 3 nitrogen and oxygen atoms in total. The maximum Gasteiger partial charge on any atom is 0.417 e. The summed E-state index contributed by atoms with van der Waals surface area (Å²) >= 11 is 0. The Morgan fingerprint density at radius 3 is 2.59 bits per heavy atom. The first kappa shape index (κ1) is 13.8. The molecule has 1 aromatic rings. The number of benzene rings is 1. The third-order valence-corrected chi connectivity index (χ3v) is 2.17. The smallest absolute Gasteiger partial charge is 0.417 e. The average molecular weight is 249 g/mol. The van der Waals surface area contributed by atoms with Crippen molar-refractivity contribution in [2.45, 2.75) is 25.2 Å². The van der Waals surface area contributed by atoms with Crippen LogP contribution in [0, 0.1) is 0 Å². The van der Waals surface area contributed by atoms with Gasteiger partial charge in [-0.25, -0.2) is 0 Å². The highest BCUT2D eigenvalue weighted by atomic mass is 19.4. The van der Waals surface area contributed by atoms with E-state index in [2.05, 4.69) is 0 Å². The van der Waals surface area contributed by atoms with Crippen molar-refractivity contribution in [3.63, 3.8) is 0 Å². The van der Waals surface area contributed by atoms with E-state index < -0.39 is 18.9 Å². The van der Waals surface area contributed by atoms with Gasteiger partial charge in [-0.15, -0.1) is 0 Å². The lowest BCUT2D eigenvalue weighted by atomic mass is 10.1. The van der Waals surface area contributed by atoms with Crippen molar-refractivity contribution >= 4 is 0 Å². The number of hydrogen-bond acceptors (Lipinski definition) is 3. The molecule has 0 radical (unpaired) electrons. The molecular weight excluding hydrogens is 235 g/mol. The van der Waals surface area contributed by atoms with Crippen LogP contribution in [0.4, 0.5) is 13.2 Å². The van der Waals surface area contributed by atoms with Crippen LogP contribution in [-0.4, -0.2) is 24.0 Å². The molecular formula is C11H14F3NO2. The van der Waals surface area contributed by atoms with Crippen molar-refractivity contribution < 1.29 is 23.0 Å². The zero-order chi connectivity index (χ0) is 13.1. The molecule has 1 aromatic carbocycles. The van der Waals surface area contributed by atoms with E-state index in [1.807, 2.05) is 0 Å². The second-order valence-electron chi connectivity index (χ2n) is 3.73. The van der Waals surface area contributed by atoms with E-state index in [1.165, 1.54) is 6.07 Å². The Balaban J connectivity index is 2.61. The Bertz CT molecular complexity index is 366. The number of nitrogens with two attached hydrogens (primary N) is 1. The van der Waals surface area contributed by atoms with Crippen LogP contribution < -0.4 is 10.5 Å². The molecule has 0 aliphatic carbocycles. The first-order chi connectivity index (χ1) is 7.80. The summed E-state index contributed by atoms with van der Waals surface area (Å²) < 4.78 is 40.9. The minimum atomic E-state index is -4.67. The van der Waals surface area contributed by atoms with Gasteiger partial charge in [0.2, 0.25) is 0 Å². The minimum absolute atomic E-state index is 0.230. The molecule has 17 heavy (non-hydrogen) atoms. The van der Waals surface area contributed by atoms with Crippen molar-refractivity contribution in [1.29, 1.82) is 0 Å². The quantitative estimate of drug-likeness (QED) is 0.858. The van der Waals surface area contributed by atoms with Gasteiger partial charge in [0.05, 0.1) is 0 Å². The molecule has 1 unspecified atom stereocenters. The Morgan fingerprint density at radius 1 is 1.41 bits per heavy atom. The number of aliphatic hydroxyl groups excluding tert-OH is 1. The molecule has 0 aliphatic heterocycles. The highest BCUT2D eigenvalue weighted by molar-refractivity contribution is 5.30. The summed E-state index contributed by atoms with van der Waals surface area (Å²) in [6, 6.07) is 6.21. The number of halogens is 3. The summed E-state index contributed by atoms with van der Waals surface area (Å²) in [5.41, 5.74) is 6.38. The summed E-state index contributed by atoms with van der Waals surface area (Å²) in [4.78, 5) is 0. The normalized spacial score (nSPS) is 15.4. The second-order valence-corrected chi connectivity index (χ2v) is 3.73. The van der Waals surface area contributed by atoms with E-state index in [4.69, 9.17) is 15.6 Å². The number of rotatable bonds is 4. The number of aliphatic hydroxyl groups is 1. The Labute approximate surface area is 97.0 Å². The van der Waals surface area contributed by atoms with Crippen LogP contribution in [0.1, 0.15) is 18.5 Å². The van der Waals surface area contributed by atoms with Gasteiger partial charge in [-0.1, -0.05) is 12.1 Å². The first-order valence-corrected chi connectivity index (χ1v) is 5.04. The van der Waals surface area contributed by atoms with E-state index in [-0.39, 0.29) is 11.8 Å². The van der Waals surface area contributed by atoms with Crippen molar-refractivity contribution in [1.82, 2.24) is 0 Å². The summed E-state index contributed by atoms with van der Waals surface area (Å²) in [6.07, 6.45) is -7.15. The van der Waals surface area contributed by atoms with Crippen LogP contribution in [0.15, 0.2) is 24.3 Å². The van der Waals surface area contributed by atoms with Gasteiger partial charge in [-0.3, -0.25) is 0 Å². The van der Waals surface area contributed by atoms with Crippen LogP contribution in [-0.2, 0) is 0 Å². The fraction of sp³-hybridized carbons (Fsp3) is 0.455. The van der Waals surface area contributed by atoms with Crippen LogP contribution >= 0.6 is 0 Å². The van der Waals surface area contributed by atoms with Gasteiger partial charge in [0.1, 0.15) is 12.4 Å². The summed E-state index contributed by atoms with van der Waals surface area (Å²) in [5.74, 6) is 0.253. The van der Waals surface area contributed by atoms with Crippen LogP contribution in [0.3, 0.4) is 0 Å². The van der Waals surface area contributed by atoms with E-state index in [9.17, 15) is 13.2 Å².